The van der Waals surface area contributed by atoms with Gasteiger partial charge in [-0.25, -0.2) is 0 Å². The van der Waals surface area contributed by atoms with Gasteiger partial charge in [0.2, 0.25) is 0 Å². The fraction of sp³-hybridized carbons (Fsp3) is 0.500. The van der Waals surface area contributed by atoms with E-state index in [1.165, 1.54) is 5.57 Å². The van der Waals surface area contributed by atoms with E-state index in [9.17, 15) is 5.11 Å². The smallest absolute Gasteiger partial charge is 0.192 e. The zero-order valence-corrected chi connectivity index (χ0v) is 9.78. The summed E-state index contributed by atoms with van der Waals surface area (Å²) in [7, 11) is 2.01. The molecule has 2 aliphatic heterocycles. The minimum Gasteiger partial charge on any atom is -0.494 e. The monoisotopic (exact) mass is 206 g/mol. The summed E-state index contributed by atoms with van der Waals surface area (Å²) in [6.07, 6.45) is 5.87. The van der Waals surface area contributed by atoms with Crippen molar-refractivity contribution in [3.63, 3.8) is 0 Å². The van der Waals surface area contributed by atoms with Crippen molar-refractivity contribution in [3.8, 4) is 0 Å². The molecule has 0 bridgehead atoms. The van der Waals surface area contributed by atoms with Crippen LogP contribution in [0, 0.1) is 5.41 Å². The highest BCUT2D eigenvalue weighted by Gasteiger charge is 2.32. The number of aliphatic hydroxyl groups excluding tert-OH is 1. The first-order chi connectivity index (χ1) is 6.89. The Bertz CT molecular complexity index is 372. The summed E-state index contributed by atoms with van der Waals surface area (Å²) < 4.78 is 0. The van der Waals surface area contributed by atoms with E-state index in [4.69, 9.17) is 0 Å². The maximum absolute atomic E-state index is 9.76. The van der Waals surface area contributed by atoms with Gasteiger partial charge in [-0.15, -0.1) is 0 Å². The third-order valence-electron chi connectivity index (χ3n) is 2.76. The SMILES string of the molecule is CN1C=C2C(C(C)(C)C)=CC=C(O)N2C1. The van der Waals surface area contributed by atoms with Crippen LogP contribution in [0.15, 0.2) is 35.5 Å². The molecule has 82 valence electrons. The van der Waals surface area contributed by atoms with Crippen LogP contribution in [0.3, 0.4) is 0 Å². The van der Waals surface area contributed by atoms with Crippen LogP contribution in [-0.2, 0) is 0 Å². The van der Waals surface area contributed by atoms with Crippen molar-refractivity contribution in [1.82, 2.24) is 9.80 Å². The van der Waals surface area contributed by atoms with E-state index < -0.39 is 0 Å². The van der Waals surface area contributed by atoms with Crippen molar-refractivity contribution in [2.75, 3.05) is 13.7 Å². The molecule has 0 saturated heterocycles. The summed E-state index contributed by atoms with van der Waals surface area (Å²) in [4.78, 5) is 4.00. The van der Waals surface area contributed by atoms with Gasteiger partial charge in [0.25, 0.3) is 0 Å². The van der Waals surface area contributed by atoms with Crippen molar-refractivity contribution in [3.05, 3.63) is 35.5 Å². The van der Waals surface area contributed by atoms with Crippen molar-refractivity contribution < 1.29 is 5.11 Å². The largest absolute Gasteiger partial charge is 0.494 e. The van der Waals surface area contributed by atoms with Gasteiger partial charge in [0.1, 0.15) is 0 Å². The highest BCUT2D eigenvalue weighted by molar-refractivity contribution is 5.43. The molecule has 0 amide bonds. The molecule has 0 spiro atoms. The van der Waals surface area contributed by atoms with Gasteiger partial charge in [0.05, 0.1) is 12.4 Å². The Labute approximate surface area is 91.0 Å². The van der Waals surface area contributed by atoms with E-state index in [0.29, 0.717) is 5.88 Å². The van der Waals surface area contributed by atoms with Crippen LogP contribution >= 0.6 is 0 Å². The lowest BCUT2D eigenvalue weighted by atomic mass is 9.83. The Hall–Kier alpha value is -1.38. The Kier molecular flexibility index (Phi) is 2.07. The molecule has 0 aromatic rings. The molecule has 0 fully saturated rings. The Balaban J connectivity index is 2.44. The number of hydrogen-bond acceptors (Lipinski definition) is 3. The summed E-state index contributed by atoms with van der Waals surface area (Å²) in [6, 6.07) is 0. The van der Waals surface area contributed by atoms with Crippen LogP contribution < -0.4 is 0 Å². The molecule has 2 rings (SSSR count). The van der Waals surface area contributed by atoms with Crippen molar-refractivity contribution in [2.45, 2.75) is 20.8 Å². The average Bonchev–Trinajstić information content (AvgIpc) is 2.45. The van der Waals surface area contributed by atoms with Crippen LogP contribution in [0.4, 0.5) is 0 Å². The Morgan fingerprint density at radius 2 is 1.93 bits per heavy atom. The predicted molar refractivity (Wildman–Crippen MR) is 60.8 cm³/mol. The molecule has 0 aliphatic carbocycles. The number of hydrogen-bond donors (Lipinski definition) is 1. The molecule has 0 saturated carbocycles. The average molecular weight is 206 g/mol. The quantitative estimate of drug-likeness (QED) is 0.659. The van der Waals surface area contributed by atoms with E-state index >= 15 is 0 Å². The van der Waals surface area contributed by atoms with Gasteiger partial charge in [-0.05, 0) is 17.1 Å². The number of aliphatic hydroxyl groups is 1. The molecular weight excluding hydrogens is 188 g/mol. The predicted octanol–water partition coefficient (Wildman–Crippen LogP) is 2.42. The maximum Gasteiger partial charge on any atom is 0.192 e. The van der Waals surface area contributed by atoms with Gasteiger partial charge in [-0.2, -0.15) is 0 Å². The van der Waals surface area contributed by atoms with Gasteiger partial charge < -0.3 is 10.0 Å². The van der Waals surface area contributed by atoms with E-state index in [-0.39, 0.29) is 5.41 Å². The number of fused-ring (bicyclic) bond motifs is 1. The Morgan fingerprint density at radius 1 is 1.27 bits per heavy atom. The molecule has 3 nitrogen and oxygen atoms in total. The van der Waals surface area contributed by atoms with E-state index in [1.54, 1.807) is 6.08 Å². The second kappa shape index (κ2) is 3.05. The molecular formula is C12H18N2O. The van der Waals surface area contributed by atoms with E-state index in [1.807, 2.05) is 18.0 Å². The molecule has 0 unspecified atom stereocenters. The highest BCUT2D eigenvalue weighted by atomic mass is 16.3. The topological polar surface area (TPSA) is 26.7 Å². The molecule has 0 aromatic heterocycles. The molecule has 0 radical (unpaired) electrons. The van der Waals surface area contributed by atoms with Gasteiger partial charge in [-0.3, -0.25) is 4.90 Å². The first-order valence-corrected chi connectivity index (χ1v) is 5.21. The van der Waals surface area contributed by atoms with E-state index in [2.05, 4.69) is 31.9 Å². The number of rotatable bonds is 0. The summed E-state index contributed by atoms with van der Waals surface area (Å²) >= 11 is 0. The zero-order valence-electron chi connectivity index (χ0n) is 9.78. The minimum atomic E-state index is 0.104. The molecule has 3 heteroatoms. The molecule has 2 aliphatic rings. The summed E-state index contributed by atoms with van der Waals surface area (Å²) in [5, 5.41) is 9.76. The minimum absolute atomic E-state index is 0.104. The first-order valence-electron chi connectivity index (χ1n) is 5.21. The maximum atomic E-state index is 9.76. The van der Waals surface area contributed by atoms with Crippen molar-refractivity contribution in [2.24, 2.45) is 5.41 Å². The fourth-order valence-corrected chi connectivity index (χ4v) is 2.00. The lowest BCUT2D eigenvalue weighted by Crippen LogP contribution is -2.29. The summed E-state index contributed by atoms with van der Waals surface area (Å²) in [6.45, 7) is 7.29. The standard InChI is InChI=1S/C12H18N2O/c1-12(2,3)9-5-6-11(15)14-8-13(4)7-10(9)14/h5-7,15H,8H2,1-4H3. The fourth-order valence-electron chi connectivity index (χ4n) is 2.00. The van der Waals surface area contributed by atoms with Crippen molar-refractivity contribution >= 4 is 0 Å². The lowest BCUT2D eigenvalue weighted by Gasteiger charge is -2.32. The molecule has 15 heavy (non-hydrogen) atoms. The molecule has 1 N–H and O–H groups in total. The molecule has 0 atom stereocenters. The van der Waals surface area contributed by atoms with Crippen LogP contribution in [0.1, 0.15) is 20.8 Å². The van der Waals surface area contributed by atoms with Gasteiger partial charge in [0.15, 0.2) is 5.88 Å². The zero-order chi connectivity index (χ0) is 11.2. The van der Waals surface area contributed by atoms with E-state index in [0.717, 1.165) is 12.4 Å². The molecule has 2 heterocycles. The second-order valence-corrected chi connectivity index (χ2v) is 5.20. The highest BCUT2D eigenvalue weighted by Crippen LogP contribution is 2.38. The van der Waals surface area contributed by atoms with Crippen LogP contribution in [0.25, 0.3) is 0 Å². The summed E-state index contributed by atoms with van der Waals surface area (Å²) in [5.74, 6) is 0.332. The van der Waals surface area contributed by atoms with Crippen LogP contribution in [0.2, 0.25) is 0 Å². The lowest BCUT2D eigenvalue weighted by molar-refractivity contribution is 0.210. The van der Waals surface area contributed by atoms with Crippen molar-refractivity contribution in [1.29, 1.82) is 0 Å². The van der Waals surface area contributed by atoms with Crippen LogP contribution in [0.5, 0.6) is 0 Å². The third kappa shape index (κ3) is 1.62. The third-order valence-corrected chi connectivity index (χ3v) is 2.76. The second-order valence-electron chi connectivity index (χ2n) is 5.20. The van der Waals surface area contributed by atoms with Gasteiger partial charge in [-0.1, -0.05) is 26.8 Å². The number of nitrogens with zero attached hydrogens (tertiary/aromatic N) is 2. The van der Waals surface area contributed by atoms with Gasteiger partial charge >= 0.3 is 0 Å². The summed E-state index contributed by atoms with van der Waals surface area (Å²) in [5.41, 5.74) is 2.49. The molecule has 0 aromatic carbocycles. The van der Waals surface area contributed by atoms with Gasteiger partial charge in [0, 0.05) is 13.2 Å². The Morgan fingerprint density at radius 3 is 2.53 bits per heavy atom. The normalized spacial score (nSPS) is 20.9. The first kappa shape index (κ1) is 10.1. The number of allylic oxidation sites excluding steroid dienone is 3. The van der Waals surface area contributed by atoms with Crippen LogP contribution in [-0.4, -0.2) is 28.6 Å².